The van der Waals surface area contributed by atoms with Crippen LogP contribution in [0.4, 0.5) is 0 Å². The second-order valence-corrected chi connectivity index (χ2v) is 6.73. The zero-order chi connectivity index (χ0) is 18.3. The van der Waals surface area contributed by atoms with Gasteiger partial charge in [-0.3, -0.25) is 0 Å². The molecule has 0 amide bonds. The molecule has 1 aromatic heterocycles. The average molecular weight is 349 g/mol. The number of nitrogens with zero attached hydrogens (tertiary/aromatic N) is 2. The third-order valence-electron chi connectivity index (χ3n) is 4.71. The Balaban J connectivity index is 1.94. The Morgan fingerprint density at radius 3 is 2.28 bits per heavy atom. The number of aryl methyl sites for hydroxylation is 3. The van der Waals surface area contributed by atoms with Crippen LogP contribution in [-0.2, 0) is 4.74 Å². The summed E-state index contributed by atoms with van der Waals surface area (Å²) in [5, 5.41) is 39.4. The number of aliphatic hydroxyl groups excluding tert-OH is 4. The molecule has 2 aromatic rings. The molecule has 7 nitrogen and oxygen atoms in total. The van der Waals surface area contributed by atoms with E-state index >= 15 is 0 Å². The lowest BCUT2D eigenvalue weighted by Gasteiger charge is -2.38. The third-order valence-corrected chi connectivity index (χ3v) is 4.71. The van der Waals surface area contributed by atoms with Gasteiger partial charge in [0.15, 0.2) is 0 Å². The maximum Gasteiger partial charge on any atom is 0.251 e. The first-order chi connectivity index (χ1) is 11.8. The highest BCUT2D eigenvalue weighted by Crippen LogP contribution is 2.25. The van der Waals surface area contributed by atoms with Gasteiger partial charge in [0, 0.05) is 0 Å². The van der Waals surface area contributed by atoms with Crippen molar-refractivity contribution in [2.75, 3.05) is 6.61 Å². The van der Waals surface area contributed by atoms with E-state index in [1.165, 1.54) is 5.56 Å². The molecule has 0 bridgehead atoms. The Morgan fingerprint density at radius 2 is 1.68 bits per heavy atom. The largest absolute Gasteiger partial charge is 0.394 e. The molecule has 3 rings (SSSR count). The van der Waals surface area contributed by atoms with Crippen molar-refractivity contribution in [1.29, 1.82) is 0 Å². The van der Waals surface area contributed by atoms with Gasteiger partial charge in [-0.05, 0) is 31.9 Å². The fourth-order valence-electron chi connectivity index (χ4n) is 3.56. The smallest absolute Gasteiger partial charge is 0.251 e. The number of hydrogen-bond donors (Lipinski definition) is 4. The van der Waals surface area contributed by atoms with Crippen molar-refractivity contribution in [2.45, 2.75) is 51.4 Å². The molecule has 0 aliphatic carbocycles. The molecule has 5 atom stereocenters. The number of aliphatic hydroxyl groups is 4. The van der Waals surface area contributed by atoms with Crippen molar-refractivity contribution in [3.05, 3.63) is 47.5 Å². The van der Waals surface area contributed by atoms with E-state index in [2.05, 4.69) is 12.1 Å². The topological polar surface area (TPSA) is 99.0 Å². The highest BCUT2D eigenvalue weighted by Gasteiger charge is 2.46. The van der Waals surface area contributed by atoms with E-state index in [0.717, 1.165) is 16.8 Å². The van der Waals surface area contributed by atoms with E-state index in [9.17, 15) is 20.4 Å². The predicted octanol–water partition coefficient (Wildman–Crippen LogP) is -0.338. The zero-order valence-corrected chi connectivity index (χ0v) is 14.6. The molecular weight excluding hydrogens is 324 g/mol. The van der Waals surface area contributed by atoms with Crippen LogP contribution in [0.2, 0.25) is 0 Å². The van der Waals surface area contributed by atoms with Crippen LogP contribution >= 0.6 is 0 Å². The van der Waals surface area contributed by atoms with Gasteiger partial charge in [-0.2, -0.15) is 0 Å². The molecule has 2 heterocycles. The average Bonchev–Trinajstić information content (AvgIpc) is 3.01. The summed E-state index contributed by atoms with van der Waals surface area (Å²) in [5.74, 6) is 0. The van der Waals surface area contributed by atoms with Gasteiger partial charge in [0.2, 0.25) is 6.23 Å². The Hall–Kier alpha value is -1.77. The molecule has 25 heavy (non-hydrogen) atoms. The summed E-state index contributed by atoms with van der Waals surface area (Å²) in [5.41, 5.74) is 4.46. The van der Waals surface area contributed by atoms with Crippen molar-refractivity contribution in [3.8, 4) is 5.69 Å². The summed E-state index contributed by atoms with van der Waals surface area (Å²) < 4.78 is 9.13. The normalized spacial score (nSPS) is 29.8. The first-order valence-corrected chi connectivity index (χ1v) is 8.31. The molecular formula is C18H25N2O5+. The highest BCUT2D eigenvalue weighted by molar-refractivity contribution is 5.48. The Kier molecular flexibility index (Phi) is 4.95. The molecule has 0 spiro atoms. The fourth-order valence-corrected chi connectivity index (χ4v) is 3.56. The lowest BCUT2D eigenvalue weighted by atomic mass is 9.98. The Bertz CT molecular complexity index is 735. The van der Waals surface area contributed by atoms with Crippen molar-refractivity contribution in [2.24, 2.45) is 0 Å². The van der Waals surface area contributed by atoms with Crippen molar-refractivity contribution >= 4 is 0 Å². The summed E-state index contributed by atoms with van der Waals surface area (Å²) in [6.45, 7) is 5.67. The molecule has 0 saturated carbocycles. The minimum Gasteiger partial charge on any atom is -0.394 e. The first-order valence-electron chi connectivity index (χ1n) is 8.31. The number of rotatable bonds is 3. The van der Waals surface area contributed by atoms with Crippen LogP contribution in [0.5, 0.6) is 0 Å². The van der Waals surface area contributed by atoms with Crippen LogP contribution in [0.15, 0.2) is 30.9 Å². The summed E-state index contributed by atoms with van der Waals surface area (Å²) in [6.07, 6.45) is -0.561. The van der Waals surface area contributed by atoms with Crippen LogP contribution in [0.25, 0.3) is 5.69 Å². The molecule has 7 heteroatoms. The van der Waals surface area contributed by atoms with E-state index in [1.807, 2.05) is 31.5 Å². The third kappa shape index (κ3) is 3.21. The van der Waals surface area contributed by atoms with E-state index < -0.39 is 37.3 Å². The number of hydrogen-bond acceptors (Lipinski definition) is 5. The van der Waals surface area contributed by atoms with E-state index in [0.29, 0.717) is 0 Å². The lowest BCUT2D eigenvalue weighted by molar-refractivity contribution is -0.777. The predicted molar refractivity (Wildman–Crippen MR) is 89.2 cm³/mol. The van der Waals surface area contributed by atoms with Crippen LogP contribution in [0.3, 0.4) is 0 Å². The molecule has 1 aliphatic rings. The highest BCUT2D eigenvalue weighted by atomic mass is 16.6. The summed E-state index contributed by atoms with van der Waals surface area (Å²) in [7, 11) is 0. The number of ether oxygens (including phenoxy) is 1. The van der Waals surface area contributed by atoms with E-state index in [-0.39, 0.29) is 0 Å². The van der Waals surface area contributed by atoms with Gasteiger partial charge < -0.3 is 25.2 Å². The van der Waals surface area contributed by atoms with Gasteiger partial charge in [0.05, 0.1) is 6.61 Å². The minimum atomic E-state index is -1.39. The molecule has 1 aromatic carbocycles. The van der Waals surface area contributed by atoms with E-state index in [1.54, 1.807) is 17.1 Å². The summed E-state index contributed by atoms with van der Waals surface area (Å²) >= 11 is 0. The SMILES string of the molecule is Cc1cc(C)c(-n2cc[n+](C3O[C@H](CO)[C@@H](O)[C@H](O)[C@H]3O)c2)c(C)c1. The maximum atomic E-state index is 10.3. The Morgan fingerprint density at radius 1 is 1.04 bits per heavy atom. The number of aromatic nitrogens is 2. The molecule has 1 unspecified atom stereocenters. The summed E-state index contributed by atoms with van der Waals surface area (Å²) in [6, 6.07) is 4.20. The van der Waals surface area contributed by atoms with Crippen LogP contribution in [0.1, 0.15) is 22.9 Å². The standard InChI is InChI=1S/C18H25N2O5/c1-10-6-11(2)14(12(3)7-10)19-4-5-20(9-19)18-17(24)16(23)15(22)13(8-21)25-18/h4-7,9,13,15-18,21-24H,8H2,1-3H3/q+1/t13-,15-,16+,17-,18?/m1/s1. The molecule has 0 radical (unpaired) electrons. The lowest BCUT2D eigenvalue weighted by Crippen LogP contribution is -2.62. The first kappa shape index (κ1) is 18.0. The second-order valence-electron chi connectivity index (χ2n) is 6.73. The zero-order valence-electron chi connectivity index (χ0n) is 14.6. The van der Waals surface area contributed by atoms with Crippen LogP contribution < -0.4 is 4.57 Å². The Labute approximate surface area is 146 Å². The molecule has 4 N–H and O–H groups in total. The molecule has 1 aliphatic heterocycles. The van der Waals surface area contributed by atoms with Crippen LogP contribution in [0, 0.1) is 20.8 Å². The van der Waals surface area contributed by atoms with Gasteiger partial charge >= 0.3 is 0 Å². The number of imidazole rings is 1. The van der Waals surface area contributed by atoms with Gasteiger partial charge in [-0.15, -0.1) is 0 Å². The van der Waals surface area contributed by atoms with Gasteiger partial charge in [-0.1, -0.05) is 17.7 Å². The summed E-state index contributed by atoms with van der Waals surface area (Å²) in [4.78, 5) is 0. The maximum absolute atomic E-state index is 10.3. The minimum absolute atomic E-state index is 0.446. The van der Waals surface area contributed by atoms with Gasteiger partial charge in [0.1, 0.15) is 42.5 Å². The van der Waals surface area contributed by atoms with Crippen molar-refractivity contribution in [1.82, 2.24) is 4.57 Å². The van der Waals surface area contributed by atoms with E-state index in [4.69, 9.17) is 4.74 Å². The quantitative estimate of drug-likeness (QED) is 0.569. The molecule has 136 valence electrons. The van der Waals surface area contributed by atoms with Crippen molar-refractivity contribution < 1.29 is 29.7 Å². The second kappa shape index (κ2) is 6.86. The van der Waals surface area contributed by atoms with Gasteiger partial charge in [-0.25, -0.2) is 9.13 Å². The van der Waals surface area contributed by atoms with Crippen molar-refractivity contribution in [3.63, 3.8) is 0 Å². The van der Waals surface area contributed by atoms with Gasteiger partial charge in [0.25, 0.3) is 6.33 Å². The molecule has 1 fully saturated rings. The number of benzene rings is 1. The van der Waals surface area contributed by atoms with Crippen LogP contribution in [-0.4, -0.2) is 56.0 Å². The monoisotopic (exact) mass is 349 g/mol. The fraction of sp³-hybridized carbons (Fsp3) is 0.500. The molecule has 1 saturated heterocycles.